The van der Waals surface area contributed by atoms with E-state index in [4.69, 9.17) is 4.55 Å². The van der Waals surface area contributed by atoms with Gasteiger partial charge in [0.2, 0.25) is 0 Å². The van der Waals surface area contributed by atoms with Gasteiger partial charge < -0.3 is 10.6 Å². The third kappa shape index (κ3) is 3.22. The fraction of sp³-hybridized carbons (Fsp3) is 0.125. The third-order valence-electron chi connectivity index (χ3n) is 1.62. The van der Waals surface area contributed by atoms with Crippen molar-refractivity contribution < 1.29 is 17.8 Å². The molecule has 0 aliphatic carbocycles. The average Bonchev–Trinajstić information content (AvgIpc) is 2.17. The van der Waals surface area contributed by atoms with Gasteiger partial charge in [0.15, 0.2) is 0 Å². The lowest BCUT2D eigenvalue weighted by atomic mass is 10.3. The zero-order valence-electron chi connectivity index (χ0n) is 7.89. The first-order valence-electron chi connectivity index (χ1n) is 4.00. The van der Waals surface area contributed by atoms with Crippen molar-refractivity contribution in [2.75, 3.05) is 12.4 Å². The van der Waals surface area contributed by atoms with Crippen LogP contribution in [0, 0.1) is 0 Å². The molecular formula is C8H10N2O4S. The maximum absolute atomic E-state index is 10.9. The lowest BCUT2D eigenvalue weighted by Gasteiger charge is -2.04. The standard InChI is InChI=1S/C8H10N2O4S/c1-9-8(11)10-6-3-2-4-7(5-6)15(12,13)14/h2-5H,1H3,(H2,9,10,11)(H,12,13,14). The summed E-state index contributed by atoms with van der Waals surface area (Å²) in [5.74, 6) is 0. The van der Waals surface area contributed by atoms with Crippen LogP contribution in [-0.4, -0.2) is 26.0 Å². The molecule has 0 aliphatic heterocycles. The van der Waals surface area contributed by atoms with E-state index in [0.29, 0.717) is 0 Å². The molecule has 0 radical (unpaired) electrons. The maximum Gasteiger partial charge on any atom is 0.318 e. The fourth-order valence-corrected chi connectivity index (χ4v) is 1.45. The summed E-state index contributed by atoms with van der Waals surface area (Å²) in [6.45, 7) is 0. The number of benzene rings is 1. The van der Waals surface area contributed by atoms with Crippen molar-refractivity contribution >= 4 is 21.8 Å². The van der Waals surface area contributed by atoms with Crippen LogP contribution in [0.25, 0.3) is 0 Å². The molecule has 6 nitrogen and oxygen atoms in total. The molecule has 0 unspecified atom stereocenters. The van der Waals surface area contributed by atoms with Gasteiger partial charge in [0.05, 0.1) is 4.90 Å². The summed E-state index contributed by atoms with van der Waals surface area (Å²) < 4.78 is 30.3. The van der Waals surface area contributed by atoms with Crippen LogP contribution in [0.3, 0.4) is 0 Å². The Bertz CT molecular complexity index is 469. The lowest BCUT2D eigenvalue weighted by Crippen LogP contribution is -2.24. The Morgan fingerprint density at radius 2 is 2.07 bits per heavy atom. The molecule has 0 saturated carbocycles. The van der Waals surface area contributed by atoms with Crippen LogP contribution in [-0.2, 0) is 10.1 Å². The first-order valence-corrected chi connectivity index (χ1v) is 5.44. The third-order valence-corrected chi connectivity index (χ3v) is 2.47. The second-order valence-electron chi connectivity index (χ2n) is 2.71. The number of nitrogens with one attached hydrogen (secondary N) is 2. The molecule has 0 heterocycles. The number of urea groups is 1. The predicted molar refractivity (Wildman–Crippen MR) is 54.3 cm³/mol. The minimum Gasteiger partial charge on any atom is -0.341 e. The van der Waals surface area contributed by atoms with E-state index in [1.54, 1.807) is 0 Å². The van der Waals surface area contributed by atoms with Gasteiger partial charge in [-0.1, -0.05) is 6.07 Å². The molecule has 0 saturated heterocycles. The van der Waals surface area contributed by atoms with Crippen molar-refractivity contribution in [1.29, 1.82) is 0 Å². The van der Waals surface area contributed by atoms with Gasteiger partial charge in [-0.25, -0.2) is 4.79 Å². The molecule has 1 aromatic carbocycles. The van der Waals surface area contributed by atoms with Crippen molar-refractivity contribution in [1.82, 2.24) is 5.32 Å². The second kappa shape index (κ2) is 4.28. The van der Waals surface area contributed by atoms with Crippen LogP contribution in [0.4, 0.5) is 10.5 Å². The van der Waals surface area contributed by atoms with Crippen molar-refractivity contribution in [3.8, 4) is 0 Å². The zero-order valence-corrected chi connectivity index (χ0v) is 8.71. The molecule has 0 bridgehead atoms. The van der Waals surface area contributed by atoms with E-state index in [1.165, 1.54) is 25.2 Å². The van der Waals surface area contributed by atoms with Gasteiger partial charge in [-0.2, -0.15) is 8.42 Å². The van der Waals surface area contributed by atoms with E-state index in [9.17, 15) is 13.2 Å². The summed E-state index contributed by atoms with van der Waals surface area (Å²) in [7, 11) is -2.81. The predicted octanol–water partition coefficient (Wildman–Crippen LogP) is 0.685. The summed E-state index contributed by atoms with van der Waals surface area (Å²) in [6.07, 6.45) is 0. The number of carbonyl (C=O) groups is 1. The normalized spacial score (nSPS) is 10.8. The molecule has 2 amide bonds. The SMILES string of the molecule is CNC(=O)Nc1cccc(S(=O)(=O)O)c1. The second-order valence-corrected chi connectivity index (χ2v) is 4.13. The highest BCUT2D eigenvalue weighted by atomic mass is 32.2. The molecule has 0 aromatic heterocycles. The Morgan fingerprint density at radius 1 is 1.40 bits per heavy atom. The first kappa shape index (κ1) is 11.5. The van der Waals surface area contributed by atoms with Crippen molar-refractivity contribution in [3.05, 3.63) is 24.3 Å². The lowest BCUT2D eigenvalue weighted by molar-refractivity contribution is 0.254. The largest absolute Gasteiger partial charge is 0.341 e. The highest BCUT2D eigenvalue weighted by Gasteiger charge is 2.09. The topological polar surface area (TPSA) is 95.5 Å². The molecule has 3 N–H and O–H groups in total. The monoisotopic (exact) mass is 230 g/mol. The summed E-state index contributed by atoms with van der Waals surface area (Å²) in [4.78, 5) is 10.6. The van der Waals surface area contributed by atoms with E-state index in [-0.39, 0.29) is 10.6 Å². The van der Waals surface area contributed by atoms with Crippen molar-refractivity contribution in [3.63, 3.8) is 0 Å². The molecular weight excluding hydrogens is 220 g/mol. The van der Waals surface area contributed by atoms with Crippen LogP contribution in [0.15, 0.2) is 29.2 Å². The zero-order chi connectivity index (χ0) is 11.5. The Morgan fingerprint density at radius 3 is 2.60 bits per heavy atom. The Hall–Kier alpha value is -1.60. The van der Waals surface area contributed by atoms with Gasteiger partial charge in [-0.3, -0.25) is 4.55 Å². The van der Waals surface area contributed by atoms with Crippen LogP contribution in [0.1, 0.15) is 0 Å². The minimum atomic E-state index is -4.24. The Balaban J connectivity index is 2.99. The van der Waals surface area contributed by atoms with Crippen LogP contribution in [0.2, 0.25) is 0 Å². The summed E-state index contributed by atoms with van der Waals surface area (Å²) in [5.41, 5.74) is 0.282. The number of anilines is 1. The molecule has 0 atom stereocenters. The molecule has 0 fully saturated rings. The minimum absolute atomic E-state index is 0.267. The number of hydrogen-bond donors (Lipinski definition) is 3. The van der Waals surface area contributed by atoms with Gasteiger partial charge >= 0.3 is 6.03 Å². The molecule has 1 rings (SSSR count). The van der Waals surface area contributed by atoms with Crippen molar-refractivity contribution in [2.24, 2.45) is 0 Å². The Kier molecular flexibility index (Phi) is 3.28. The molecule has 15 heavy (non-hydrogen) atoms. The summed E-state index contributed by atoms with van der Waals surface area (Å²) in [5, 5.41) is 4.69. The van der Waals surface area contributed by atoms with Gasteiger partial charge in [0, 0.05) is 12.7 Å². The number of hydrogen-bond acceptors (Lipinski definition) is 3. The van der Waals surface area contributed by atoms with Crippen LogP contribution >= 0.6 is 0 Å². The Labute approximate surface area is 87.1 Å². The van der Waals surface area contributed by atoms with E-state index in [0.717, 1.165) is 6.07 Å². The van der Waals surface area contributed by atoms with E-state index < -0.39 is 16.1 Å². The smallest absolute Gasteiger partial charge is 0.318 e. The first-order chi connectivity index (χ1) is 6.93. The molecule has 7 heteroatoms. The van der Waals surface area contributed by atoms with Crippen LogP contribution in [0.5, 0.6) is 0 Å². The summed E-state index contributed by atoms with van der Waals surface area (Å²) >= 11 is 0. The van der Waals surface area contributed by atoms with Crippen molar-refractivity contribution in [2.45, 2.75) is 4.90 Å². The molecule has 1 aromatic rings. The number of amides is 2. The molecule has 82 valence electrons. The van der Waals surface area contributed by atoms with Gasteiger partial charge in [-0.05, 0) is 18.2 Å². The quantitative estimate of drug-likeness (QED) is 0.651. The van der Waals surface area contributed by atoms with E-state index in [1.807, 2.05) is 0 Å². The summed E-state index contributed by atoms with van der Waals surface area (Å²) in [6, 6.07) is 4.83. The highest BCUT2D eigenvalue weighted by Crippen LogP contribution is 2.14. The number of rotatable bonds is 2. The molecule has 0 aliphatic rings. The molecule has 0 spiro atoms. The highest BCUT2D eigenvalue weighted by molar-refractivity contribution is 7.85. The van der Waals surface area contributed by atoms with E-state index >= 15 is 0 Å². The van der Waals surface area contributed by atoms with Gasteiger partial charge in [0.1, 0.15) is 0 Å². The van der Waals surface area contributed by atoms with E-state index in [2.05, 4.69) is 10.6 Å². The van der Waals surface area contributed by atoms with Crippen LogP contribution < -0.4 is 10.6 Å². The number of carbonyl (C=O) groups excluding carboxylic acids is 1. The maximum atomic E-state index is 10.9. The van der Waals surface area contributed by atoms with Gasteiger partial charge in [-0.15, -0.1) is 0 Å². The average molecular weight is 230 g/mol. The fourth-order valence-electron chi connectivity index (χ4n) is 0.928. The van der Waals surface area contributed by atoms with Gasteiger partial charge in [0.25, 0.3) is 10.1 Å².